The number of benzene rings is 1. The highest BCUT2D eigenvalue weighted by Crippen LogP contribution is 2.20. The van der Waals surface area contributed by atoms with Gasteiger partial charge in [-0.3, -0.25) is 9.48 Å². The van der Waals surface area contributed by atoms with Gasteiger partial charge < -0.3 is 11.1 Å². The topological polar surface area (TPSA) is 72.9 Å². The van der Waals surface area contributed by atoms with Gasteiger partial charge in [-0.25, -0.2) is 4.39 Å². The predicted octanol–water partition coefficient (Wildman–Crippen LogP) is 2.00. The van der Waals surface area contributed by atoms with Crippen LogP contribution >= 0.6 is 22.6 Å². The highest BCUT2D eigenvalue weighted by molar-refractivity contribution is 14.1. The first-order valence-electron chi connectivity index (χ1n) is 5.03. The molecule has 3 N–H and O–H groups in total. The van der Waals surface area contributed by atoms with Gasteiger partial charge in [0.2, 0.25) is 0 Å². The van der Waals surface area contributed by atoms with Crippen molar-refractivity contribution in [2.24, 2.45) is 7.05 Å². The molecule has 0 radical (unpaired) electrons. The van der Waals surface area contributed by atoms with Gasteiger partial charge >= 0.3 is 0 Å². The monoisotopic (exact) mass is 360 g/mol. The van der Waals surface area contributed by atoms with Crippen LogP contribution in [0.3, 0.4) is 0 Å². The number of aromatic nitrogens is 2. The van der Waals surface area contributed by atoms with E-state index in [9.17, 15) is 9.18 Å². The lowest BCUT2D eigenvalue weighted by molar-refractivity contribution is 0.102. The van der Waals surface area contributed by atoms with E-state index in [1.807, 2.05) is 22.6 Å². The molecule has 0 unspecified atom stereocenters. The van der Waals surface area contributed by atoms with Crippen molar-refractivity contribution in [2.75, 3.05) is 11.1 Å². The van der Waals surface area contributed by atoms with Crippen LogP contribution in [0.15, 0.2) is 24.4 Å². The van der Waals surface area contributed by atoms with Crippen LogP contribution in [-0.4, -0.2) is 15.7 Å². The summed E-state index contributed by atoms with van der Waals surface area (Å²) in [5, 5.41) is 6.60. The van der Waals surface area contributed by atoms with E-state index in [0.717, 1.165) is 0 Å². The summed E-state index contributed by atoms with van der Waals surface area (Å²) in [5.74, 6) is -0.771. The molecule has 1 amide bonds. The third-order valence-corrected chi connectivity index (χ3v) is 3.14. The van der Waals surface area contributed by atoms with E-state index in [1.54, 1.807) is 13.2 Å². The van der Waals surface area contributed by atoms with Crippen molar-refractivity contribution in [3.63, 3.8) is 0 Å². The van der Waals surface area contributed by atoms with Crippen LogP contribution < -0.4 is 11.1 Å². The van der Waals surface area contributed by atoms with E-state index in [1.165, 1.54) is 22.9 Å². The Labute approximate surface area is 116 Å². The fraction of sp³-hybridized carbons (Fsp3) is 0.0909. The second kappa shape index (κ2) is 4.92. The number of nitrogens with zero attached hydrogens (tertiary/aromatic N) is 2. The van der Waals surface area contributed by atoms with Gasteiger partial charge in [0.1, 0.15) is 5.82 Å². The number of carbonyl (C=O) groups excluding carboxylic acids is 1. The molecule has 7 heteroatoms. The molecule has 0 spiro atoms. The Hall–Kier alpha value is -1.64. The van der Waals surface area contributed by atoms with Crippen molar-refractivity contribution in [3.8, 4) is 0 Å². The largest absolute Gasteiger partial charge is 0.396 e. The number of halogens is 2. The maximum Gasteiger partial charge on any atom is 0.278 e. The van der Waals surface area contributed by atoms with Crippen LogP contribution in [0.2, 0.25) is 0 Å². The zero-order chi connectivity index (χ0) is 13.3. The van der Waals surface area contributed by atoms with Gasteiger partial charge in [0.05, 0.1) is 11.4 Å². The Kier molecular flexibility index (Phi) is 3.50. The van der Waals surface area contributed by atoms with Gasteiger partial charge in [0.25, 0.3) is 5.91 Å². The Morgan fingerprint density at radius 3 is 2.83 bits per heavy atom. The van der Waals surface area contributed by atoms with E-state index in [-0.39, 0.29) is 11.5 Å². The first-order valence-corrected chi connectivity index (χ1v) is 6.11. The molecule has 18 heavy (non-hydrogen) atoms. The first kappa shape index (κ1) is 12.8. The van der Waals surface area contributed by atoms with Gasteiger partial charge in [-0.2, -0.15) is 5.10 Å². The van der Waals surface area contributed by atoms with E-state index in [2.05, 4.69) is 10.4 Å². The molecule has 0 aliphatic carbocycles. The molecule has 0 saturated carbocycles. The van der Waals surface area contributed by atoms with Gasteiger partial charge in [-0.05, 0) is 40.8 Å². The number of amides is 1. The summed E-state index contributed by atoms with van der Waals surface area (Å²) >= 11 is 1.94. The summed E-state index contributed by atoms with van der Waals surface area (Å²) in [5.41, 5.74) is 6.62. The summed E-state index contributed by atoms with van der Waals surface area (Å²) < 4.78 is 15.0. The smallest absolute Gasteiger partial charge is 0.278 e. The molecule has 0 aliphatic rings. The molecule has 5 nitrogen and oxygen atoms in total. The number of carbonyl (C=O) groups is 1. The normalized spacial score (nSPS) is 10.4. The molecule has 94 valence electrons. The molecule has 2 aromatic rings. The molecule has 0 bridgehead atoms. The Bertz CT molecular complexity index is 611. The quantitative estimate of drug-likeness (QED) is 0.805. The minimum atomic E-state index is -0.419. The molecule has 2 rings (SSSR count). The molecule has 0 fully saturated rings. The lowest BCUT2D eigenvalue weighted by Crippen LogP contribution is -2.15. The summed E-state index contributed by atoms with van der Waals surface area (Å²) in [7, 11) is 1.68. The van der Waals surface area contributed by atoms with Crippen LogP contribution in [0, 0.1) is 9.39 Å². The van der Waals surface area contributed by atoms with Gasteiger partial charge in [-0.1, -0.05) is 0 Å². The van der Waals surface area contributed by atoms with Crippen LogP contribution in [0.1, 0.15) is 10.5 Å². The maximum atomic E-state index is 12.9. The highest BCUT2D eigenvalue weighted by Gasteiger charge is 2.15. The lowest BCUT2D eigenvalue weighted by Gasteiger charge is -2.06. The van der Waals surface area contributed by atoms with E-state index in [4.69, 9.17) is 5.73 Å². The van der Waals surface area contributed by atoms with E-state index >= 15 is 0 Å². The minimum absolute atomic E-state index is 0.151. The summed E-state index contributed by atoms with van der Waals surface area (Å²) in [6, 6.07) is 4.10. The van der Waals surface area contributed by atoms with E-state index in [0.29, 0.717) is 14.9 Å². The van der Waals surface area contributed by atoms with Crippen molar-refractivity contribution in [3.05, 3.63) is 39.5 Å². The predicted molar refractivity (Wildman–Crippen MR) is 74.7 cm³/mol. The van der Waals surface area contributed by atoms with Crippen LogP contribution in [0.5, 0.6) is 0 Å². The summed E-state index contributed by atoms with van der Waals surface area (Å²) in [4.78, 5) is 11.9. The standard InChI is InChI=1S/C11H10FIN4O/c1-17-5-8(14)10(16-17)11(18)15-9-3-2-6(12)4-7(9)13/h2-5H,14H2,1H3,(H,15,18). The van der Waals surface area contributed by atoms with Crippen LogP contribution in [0.25, 0.3) is 0 Å². The number of aryl methyl sites for hydroxylation is 1. The van der Waals surface area contributed by atoms with Crippen LogP contribution in [-0.2, 0) is 7.05 Å². The van der Waals surface area contributed by atoms with Gasteiger partial charge in [0.15, 0.2) is 5.69 Å². The highest BCUT2D eigenvalue weighted by atomic mass is 127. The summed E-state index contributed by atoms with van der Waals surface area (Å²) in [6.07, 6.45) is 1.55. The van der Waals surface area contributed by atoms with Gasteiger partial charge in [0, 0.05) is 16.8 Å². The van der Waals surface area contributed by atoms with Crippen molar-refractivity contribution >= 4 is 39.9 Å². The fourth-order valence-electron chi connectivity index (χ4n) is 1.46. The van der Waals surface area contributed by atoms with Crippen LogP contribution in [0.4, 0.5) is 15.8 Å². The lowest BCUT2D eigenvalue weighted by atomic mass is 10.3. The molecular weight excluding hydrogens is 350 g/mol. The molecular formula is C11H10FIN4O. The van der Waals surface area contributed by atoms with Crippen molar-refractivity contribution < 1.29 is 9.18 Å². The molecule has 1 aromatic heterocycles. The average Bonchev–Trinajstić information content (AvgIpc) is 2.62. The third-order valence-electron chi connectivity index (χ3n) is 2.25. The molecule has 1 heterocycles. The zero-order valence-electron chi connectivity index (χ0n) is 9.45. The number of nitrogens with one attached hydrogen (secondary N) is 1. The second-order valence-electron chi connectivity index (χ2n) is 3.69. The number of nitrogens with two attached hydrogens (primary N) is 1. The third kappa shape index (κ3) is 2.61. The number of rotatable bonds is 2. The van der Waals surface area contributed by atoms with Crippen molar-refractivity contribution in [1.82, 2.24) is 9.78 Å². The Balaban J connectivity index is 2.24. The SMILES string of the molecule is Cn1cc(N)c(C(=O)Nc2ccc(F)cc2I)n1. The number of anilines is 2. The van der Waals surface area contributed by atoms with E-state index < -0.39 is 5.91 Å². The molecule has 0 saturated heterocycles. The van der Waals surface area contributed by atoms with Gasteiger partial charge in [-0.15, -0.1) is 0 Å². The Morgan fingerprint density at radius 1 is 1.56 bits per heavy atom. The van der Waals surface area contributed by atoms with Crippen molar-refractivity contribution in [2.45, 2.75) is 0 Å². The Morgan fingerprint density at radius 2 is 2.28 bits per heavy atom. The fourth-order valence-corrected chi connectivity index (χ4v) is 2.07. The second-order valence-corrected chi connectivity index (χ2v) is 4.85. The molecule has 0 atom stereocenters. The van der Waals surface area contributed by atoms with Crippen molar-refractivity contribution in [1.29, 1.82) is 0 Å². The number of hydrogen-bond acceptors (Lipinski definition) is 3. The zero-order valence-corrected chi connectivity index (χ0v) is 11.6. The maximum absolute atomic E-state index is 12.9. The molecule has 1 aromatic carbocycles. The number of nitrogen functional groups attached to an aromatic ring is 1. The molecule has 0 aliphatic heterocycles. The average molecular weight is 360 g/mol. The minimum Gasteiger partial charge on any atom is -0.396 e. The first-order chi connectivity index (χ1) is 8.47. The summed E-state index contributed by atoms with van der Waals surface area (Å²) in [6.45, 7) is 0. The number of hydrogen-bond donors (Lipinski definition) is 2.